The van der Waals surface area contributed by atoms with E-state index >= 15 is 0 Å². The van der Waals surface area contributed by atoms with E-state index in [0.717, 1.165) is 31.5 Å². The zero-order chi connectivity index (χ0) is 16.8. The molecular formula is C18H30N4O2. The van der Waals surface area contributed by atoms with Crippen molar-refractivity contribution in [3.8, 4) is 5.88 Å². The summed E-state index contributed by atoms with van der Waals surface area (Å²) in [6.45, 7) is 6.53. The molecule has 3 heterocycles. The van der Waals surface area contributed by atoms with E-state index in [1.807, 2.05) is 0 Å². The molecule has 0 saturated carbocycles. The summed E-state index contributed by atoms with van der Waals surface area (Å²) in [5, 5.41) is 0. The lowest BCUT2D eigenvalue weighted by Crippen LogP contribution is -2.41. The van der Waals surface area contributed by atoms with Gasteiger partial charge in [0.15, 0.2) is 5.82 Å². The van der Waals surface area contributed by atoms with Crippen LogP contribution in [0.25, 0.3) is 0 Å². The van der Waals surface area contributed by atoms with Gasteiger partial charge in [-0.1, -0.05) is 0 Å². The average Bonchev–Trinajstić information content (AvgIpc) is 2.64. The number of piperidine rings is 1. The Morgan fingerprint density at radius 3 is 2.71 bits per heavy atom. The molecule has 2 saturated heterocycles. The molecule has 1 aromatic heterocycles. The third-order valence-corrected chi connectivity index (χ3v) is 5.21. The van der Waals surface area contributed by atoms with E-state index in [4.69, 9.17) is 9.47 Å². The number of nitrogens with zero attached hydrogens (tertiary/aromatic N) is 4. The Bertz CT molecular complexity index is 500. The van der Waals surface area contributed by atoms with E-state index < -0.39 is 0 Å². The molecule has 1 unspecified atom stereocenters. The minimum atomic E-state index is 0.606. The van der Waals surface area contributed by atoms with Gasteiger partial charge in [0.2, 0.25) is 0 Å². The lowest BCUT2D eigenvalue weighted by molar-refractivity contribution is 0.0329. The number of rotatable bonds is 6. The highest BCUT2D eigenvalue weighted by Gasteiger charge is 2.24. The molecule has 1 atom stereocenters. The second kappa shape index (κ2) is 8.62. The number of methoxy groups -OCH3 is 1. The van der Waals surface area contributed by atoms with Gasteiger partial charge in [0, 0.05) is 39.1 Å². The van der Waals surface area contributed by atoms with Crippen molar-refractivity contribution in [2.75, 3.05) is 58.5 Å². The van der Waals surface area contributed by atoms with Gasteiger partial charge in [0.05, 0.1) is 13.7 Å². The molecule has 0 spiro atoms. The maximum absolute atomic E-state index is 5.61. The minimum Gasteiger partial charge on any atom is -0.478 e. The van der Waals surface area contributed by atoms with E-state index in [1.54, 1.807) is 19.5 Å². The van der Waals surface area contributed by atoms with Crippen LogP contribution in [0.3, 0.4) is 0 Å². The van der Waals surface area contributed by atoms with Crippen LogP contribution in [0, 0.1) is 11.8 Å². The lowest BCUT2D eigenvalue weighted by Gasteiger charge is -2.36. The van der Waals surface area contributed by atoms with Gasteiger partial charge in [-0.3, -0.25) is 0 Å². The topological polar surface area (TPSA) is 50.7 Å². The fraction of sp³-hybridized carbons (Fsp3) is 0.778. The van der Waals surface area contributed by atoms with Crippen LogP contribution in [0.2, 0.25) is 0 Å². The van der Waals surface area contributed by atoms with Crippen LogP contribution in [-0.2, 0) is 4.74 Å². The molecule has 1 aromatic rings. The summed E-state index contributed by atoms with van der Waals surface area (Å²) in [6, 6.07) is 0. The molecule has 6 nitrogen and oxygen atoms in total. The molecule has 134 valence electrons. The number of likely N-dealkylation sites (tertiary alicyclic amines) is 1. The predicted molar refractivity (Wildman–Crippen MR) is 94.6 cm³/mol. The van der Waals surface area contributed by atoms with Crippen molar-refractivity contribution in [3.05, 3.63) is 12.4 Å². The first-order valence-electron chi connectivity index (χ1n) is 9.12. The van der Waals surface area contributed by atoms with Gasteiger partial charge in [-0.05, 0) is 50.6 Å². The molecule has 2 fully saturated rings. The highest BCUT2D eigenvalue weighted by molar-refractivity contribution is 5.46. The molecular weight excluding hydrogens is 304 g/mol. The summed E-state index contributed by atoms with van der Waals surface area (Å²) in [5.74, 6) is 2.89. The molecule has 0 bridgehead atoms. The van der Waals surface area contributed by atoms with Gasteiger partial charge in [0.1, 0.15) is 0 Å². The van der Waals surface area contributed by atoms with Gasteiger partial charge >= 0.3 is 0 Å². The van der Waals surface area contributed by atoms with E-state index in [0.29, 0.717) is 11.8 Å². The van der Waals surface area contributed by atoms with E-state index in [1.165, 1.54) is 45.3 Å². The first kappa shape index (κ1) is 17.4. The fourth-order valence-electron chi connectivity index (χ4n) is 3.87. The highest BCUT2D eigenvalue weighted by Crippen LogP contribution is 2.25. The maximum atomic E-state index is 5.61. The zero-order valence-electron chi connectivity index (χ0n) is 15.0. The number of hydrogen-bond donors (Lipinski definition) is 0. The number of anilines is 1. The summed E-state index contributed by atoms with van der Waals surface area (Å²) >= 11 is 0. The quantitative estimate of drug-likeness (QED) is 0.794. The molecule has 0 aromatic carbocycles. The molecule has 3 rings (SSSR count). The van der Waals surface area contributed by atoms with Crippen molar-refractivity contribution in [1.29, 1.82) is 0 Å². The largest absolute Gasteiger partial charge is 0.478 e. The monoisotopic (exact) mass is 334 g/mol. The smallest absolute Gasteiger partial charge is 0.257 e. The van der Waals surface area contributed by atoms with Gasteiger partial charge in [0.25, 0.3) is 5.88 Å². The van der Waals surface area contributed by atoms with Crippen molar-refractivity contribution in [2.45, 2.75) is 25.7 Å². The average molecular weight is 334 g/mol. The molecule has 0 N–H and O–H groups in total. The van der Waals surface area contributed by atoms with Crippen molar-refractivity contribution < 1.29 is 9.47 Å². The fourth-order valence-corrected chi connectivity index (χ4v) is 3.87. The Labute approximate surface area is 145 Å². The standard InChI is InChI=1S/C18H30N4O2/c1-21(17-18(23-2)20-8-7-19-17)12-15-5-9-22(10-6-15)13-16-4-3-11-24-14-16/h7-8,15-16H,3-6,9-14H2,1-2H3. The summed E-state index contributed by atoms with van der Waals surface area (Å²) < 4.78 is 10.9. The maximum Gasteiger partial charge on any atom is 0.257 e. The van der Waals surface area contributed by atoms with Crippen LogP contribution in [-0.4, -0.2) is 68.4 Å². The second-order valence-corrected chi connectivity index (χ2v) is 7.10. The molecule has 2 aliphatic rings. The van der Waals surface area contributed by atoms with Gasteiger partial charge in [-0.2, -0.15) is 0 Å². The van der Waals surface area contributed by atoms with Crippen molar-refractivity contribution in [1.82, 2.24) is 14.9 Å². The van der Waals surface area contributed by atoms with E-state index in [9.17, 15) is 0 Å². The van der Waals surface area contributed by atoms with Crippen LogP contribution < -0.4 is 9.64 Å². The Hall–Kier alpha value is -1.40. The van der Waals surface area contributed by atoms with E-state index in [2.05, 4.69) is 26.8 Å². The Balaban J connectivity index is 1.44. The van der Waals surface area contributed by atoms with Crippen molar-refractivity contribution >= 4 is 5.82 Å². The van der Waals surface area contributed by atoms with Gasteiger partial charge in [-0.25, -0.2) is 9.97 Å². The van der Waals surface area contributed by atoms with Crippen LogP contribution in [0.5, 0.6) is 5.88 Å². The molecule has 6 heteroatoms. The van der Waals surface area contributed by atoms with Crippen LogP contribution in [0.4, 0.5) is 5.82 Å². The number of aromatic nitrogens is 2. The highest BCUT2D eigenvalue weighted by atomic mass is 16.5. The van der Waals surface area contributed by atoms with Gasteiger partial charge < -0.3 is 19.3 Å². The number of ether oxygens (including phenoxy) is 2. The Morgan fingerprint density at radius 1 is 1.21 bits per heavy atom. The minimum absolute atomic E-state index is 0.606. The summed E-state index contributed by atoms with van der Waals surface area (Å²) in [7, 11) is 3.73. The van der Waals surface area contributed by atoms with Crippen LogP contribution in [0.1, 0.15) is 25.7 Å². The van der Waals surface area contributed by atoms with E-state index in [-0.39, 0.29) is 0 Å². The first-order valence-corrected chi connectivity index (χ1v) is 9.12. The number of hydrogen-bond acceptors (Lipinski definition) is 6. The molecule has 0 amide bonds. The van der Waals surface area contributed by atoms with Crippen molar-refractivity contribution in [2.24, 2.45) is 11.8 Å². The summed E-state index contributed by atoms with van der Waals surface area (Å²) in [5.41, 5.74) is 0. The summed E-state index contributed by atoms with van der Waals surface area (Å²) in [6.07, 6.45) is 8.45. The third-order valence-electron chi connectivity index (χ3n) is 5.21. The van der Waals surface area contributed by atoms with Crippen molar-refractivity contribution in [3.63, 3.8) is 0 Å². The molecule has 2 aliphatic heterocycles. The molecule has 0 radical (unpaired) electrons. The zero-order valence-corrected chi connectivity index (χ0v) is 15.0. The SMILES string of the molecule is COc1nccnc1N(C)CC1CCN(CC2CCCOC2)CC1. The second-order valence-electron chi connectivity index (χ2n) is 7.10. The third kappa shape index (κ3) is 4.57. The molecule has 24 heavy (non-hydrogen) atoms. The predicted octanol–water partition coefficient (Wildman–Crippen LogP) is 2.06. The van der Waals surface area contributed by atoms with Crippen LogP contribution in [0.15, 0.2) is 12.4 Å². The Kier molecular flexibility index (Phi) is 6.26. The summed E-state index contributed by atoms with van der Waals surface area (Å²) in [4.78, 5) is 13.5. The van der Waals surface area contributed by atoms with Crippen LogP contribution >= 0.6 is 0 Å². The first-order chi connectivity index (χ1) is 11.8. The lowest BCUT2D eigenvalue weighted by atomic mass is 9.94. The van der Waals surface area contributed by atoms with Gasteiger partial charge in [-0.15, -0.1) is 0 Å². The Morgan fingerprint density at radius 2 is 2.00 bits per heavy atom. The molecule has 0 aliphatic carbocycles. The normalized spacial score (nSPS) is 23.2.